The third-order valence-electron chi connectivity index (χ3n) is 7.10. The molecule has 0 radical (unpaired) electrons. The van der Waals surface area contributed by atoms with Crippen LogP contribution in [0.1, 0.15) is 43.0 Å². The first kappa shape index (κ1) is 25.0. The van der Waals surface area contributed by atoms with E-state index >= 15 is 0 Å². The van der Waals surface area contributed by atoms with E-state index < -0.39 is 0 Å². The van der Waals surface area contributed by atoms with Crippen LogP contribution in [-0.2, 0) is 11.4 Å². The van der Waals surface area contributed by atoms with Crippen molar-refractivity contribution in [2.75, 3.05) is 11.1 Å². The molecule has 3 N–H and O–H groups in total. The van der Waals surface area contributed by atoms with Gasteiger partial charge in [-0.2, -0.15) is 0 Å². The Bertz CT molecular complexity index is 1610. The van der Waals surface area contributed by atoms with E-state index in [-0.39, 0.29) is 17.9 Å². The molecule has 0 atom stereocenters. The number of nitrogens with two attached hydrogens (primary N) is 1. The average molecular weight is 540 g/mol. The van der Waals surface area contributed by atoms with Gasteiger partial charge in [0.15, 0.2) is 22.4 Å². The number of nitrogen functional groups attached to an aromatic ring is 1. The van der Waals surface area contributed by atoms with E-state index in [1.165, 1.54) is 11.3 Å². The molecule has 0 saturated heterocycles. The Labute approximate surface area is 230 Å². The van der Waals surface area contributed by atoms with Gasteiger partial charge in [0, 0.05) is 22.9 Å². The summed E-state index contributed by atoms with van der Waals surface area (Å²) in [5.74, 6) is 1.61. The van der Waals surface area contributed by atoms with E-state index in [4.69, 9.17) is 15.5 Å². The molecule has 10 heteroatoms. The monoisotopic (exact) mass is 539 g/mol. The Morgan fingerprint density at radius 1 is 1.08 bits per heavy atom. The molecule has 1 aliphatic carbocycles. The number of rotatable bonds is 7. The zero-order valence-electron chi connectivity index (χ0n) is 21.6. The van der Waals surface area contributed by atoms with Gasteiger partial charge in [0.25, 0.3) is 0 Å². The Balaban J connectivity index is 1.18. The lowest BCUT2D eigenvalue weighted by Crippen LogP contribution is -2.28. The fourth-order valence-electron chi connectivity index (χ4n) is 5.04. The molecular formula is C29H29N7O2S. The smallest absolute Gasteiger partial charge is 0.229 e. The summed E-state index contributed by atoms with van der Waals surface area (Å²) in [5.41, 5.74) is 10.5. The van der Waals surface area contributed by atoms with Gasteiger partial charge >= 0.3 is 0 Å². The molecule has 0 aliphatic heterocycles. The topological polar surface area (TPSA) is 121 Å². The van der Waals surface area contributed by atoms with Crippen LogP contribution in [0, 0.1) is 12.8 Å². The van der Waals surface area contributed by atoms with E-state index in [1.807, 2.05) is 66.9 Å². The van der Waals surface area contributed by atoms with Crippen LogP contribution in [0.5, 0.6) is 5.75 Å². The van der Waals surface area contributed by atoms with Crippen molar-refractivity contribution in [3.63, 3.8) is 0 Å². The zero-order chi connectivity index (χ0) is 26.8. The summed E-state index contributed by atoms with van der Waals surface area (Å²) in [6.07, 6.45) is 5.07. The van der Waals surface area contributed by atoms with Crippen LogP contribution in [0.2, 0.25) is 0 Å². The van der Waals surface area contributed by atoms with Gasteiger partial charge in [0.2, 0.25) is 5.91 Å². The first-order valence-corrected chi connectivity index (χ1v) is 13.9. The van der Waals surface area contributed by atoms with Crippen molar-refractivity contribution < 1.29 is 9.53 Å². The highest BCUT2D eigenvalue weighted by Gasteiger charge is 2.29. The predicted octanol–water partition coefficient (Wildman–Crippen LogP) is 5.79. The SMILES string of the molecule is Cc1csc(NC(=O)C2CCC(n3cnc4c(N)nc(-c5cccc(OCc6ccccc6)c5)nc43)CC2)n1. The number of ether oxygens (including phenoxy) is 1. The lowest BCUT2D eigenvalue weighted by atomic mass is 9.85. The summed E-state index contributed by atoms with van der Waals surface area (Å²) >= 11 is 1.46. The van der Waals surface area contributed by atoms with Crippen LogP contribution in [0.15, 0.2) is 66.3 Å². The molecule has 0 spiro atoms. The van der Waals surface area contributed by atoms with E-state index in [1.54, 1.807) is 6.33 Å². The molecule has 9 nitrogen and oxygen atoms in total. The van der Waals surface area contributed by atoms with Crippen molar-refractivity contribution in [2.24, 2.45) is 5.92 Å². The summed E-state index contributed by atoms with van der Waals surface area (Å²) < 4.78 is 8.09. The molecule has 0 bridgehead atoms. The molecule has 0 unspecified atom stereocenters. The number of carbonyl (C=O) groups is 1. The van der Waals surface area contributed by atoms with Gasteiger partial charge in [-0.1, -0.05) is 42.5 Å². The van der Waals surface area contributed by atoms with E-state index in [9.17, 15) is 4.79 Å². The Morgan fingerprint density at radius 3 is 2.67 bits per heavy atom. The van der Waals surface area contributed by atoms with E-state index in [0.717, 1.165) is 48.3 Å². The molecule has 1 aliphatic rings. The van der Waals surface area contributed by atoms with Crippen molar-refractivity contribution in [2.45, 2.75) is 45.3 Å². The zero-order valence-corrected chi connectivity index (χ0v) is 22.4. The van der Waals surface area contributed by atoms with Crippen LogP contribution in [0.4, 0.5) is 10.9 Å². The minimum absolute atomic E-state index is 0.0332. The number of fused-ring (bicyclic) bond motifs is 1. The number of hydrogen-bond donors (Lipinski definition) is 2. The van der Waals surface area contributed by atoms with Crippen molar-refractivity contribution in [1.29, 1.82) is 0 Å². The summed E-state index contributed by atoms with van der Waals surface area (Å²) in [7, 11) is 0. The minimum atomic E-state index is -0.0332. The number of thiazole rings is 1. The van der Waals surface area contributed by atoms with Gasteiger partial charge in [-0.15, -0.1) is 11.3 Å². The Morgan fingerprint density at radius 2 is 1.90 bits per heavy atom. The third kappa shape index (κ3) is 5.46. The fraction of sp³-hybridized carbons (Fsp3) is 0.276. The van der Waals surface area contributed by atoms with Crippen LogP contribution in [0.25, 0.3) is 22.6 Å². The molecule has 5 aromatic rings. The fourth-order valence-corrected chi connectivity index (χ4v) is 5.73. The molecule has 3 aromatic heterocycles. The van der Waals surface area contributed by atoms with Gasteiger partial charge < -0.3 is 20.4 Å². The molecule has 1 amide bonds. The lowest BCUT2D eigenvalue weighted by Gasteiger charge is -2.28. The highest BCUT2D eigenvalue weighted by Crippen LogP contribution is 2.35. The number of anilines is 2. The largest absolute Gasteiger partial charge is 0.489 e. The number of imidazole rings is 1. The van der Waals surface area contributed by atoms with Gasteiger partial charge in [0.05, 0.1) is 12.0 Å². The van der Waals surface area contributed by atoms with Gasteiger partial charge in [-0.25, -0.2) is 19.9 Å². The Kier molecular flexibility index (Phi) is 6.93. The maximum absolute atomic E-state index is 12.8. The second kappa shape index (κ2) is 10.8. The molecular weight excluding hydrogens is 510 g/mol. The highest BCUT2D eigenvalue weighted by atomic mass is 32.1. The normalized spacial score (nSPS) is 17.3. The number of carbonyl (C=O) groups excluding carboxylic acids is 1. The molecule has 1 fully saturated rings. The van der Waals surface area contributed by atoms with Crippen molar-refractivity contribution in [1.82, 2.24) is 24.5 Å². The number of aromatic nitrogens is 5. The number of benzene rings is 2. The second-order valence-corrected chi connectivity index (χ2v) is 10.7. The van der Waals surface area contributed by atoms with Gasteiger partial charge in [-0.05, 0) is 50.3 Å². The number of hydrogen-bond acceptors (Lipinski definition) is 8. The van der Waals surface area contributed by atoms with Gasteiger partial charge in [0.1, 0.15) is 17.9 Å². The standard InChI is InChI=1S/C29H29N7O2S/c1-18-16-39-29(32-18)35-28(37)20-10-12-22(13-11-20)36-17-31-24-25(30)33-26(34-27(24)36)21-8-5-9-23(14-21)38-15-19-6-3-2-4-7-19/h2-9,14,16-17,20,22H,10-13,15H2,1H3,(H2,30,33,34)(H,32,35,37). The highest BCUT2D eigenvalue weighted by molar-refractivity contribution is 7.13. The van der Waals surface area contributed by atoms with Crippen LogP contribution < -0.4 is 15.8 Å². The summed E-state index contributed by atoms with van der Waals surface area (Å²) in [6, 6.07) is 17.9. The molecule has 3 heterocycles. The predicted molar refractivity (Wildman–Crippen MR) is 152 cm³/mol. The quantitative estimate of drug-likeness (QED) is 0.268. The summed E-state index contributed by atoms with van der Waals surface area (Å²) in [6.45, 7) is 2.40. The third-order valence-corrected chi connectivity index (χ3v) is 7.97. The summed E-state index contributed by atoms with van der Waals surface area (Å²) in [5, 5.41) is 5.57. The van der Waals surface area contributed by atoms with Crippen molar-refractivity contribution in [3.8, 4) is 17.1 Å². The maximum atomic E-state index is 12.8. The number of aryl methyl sites for hydroxylation is 1. The lowest BCUT2D eigenvalue weighted by molar-refractivity contribution is -0.120. The number of nitrogens with one attached hydrogen (secondary N) is 1. The molecule has 6 rings (SSSR count). The van der Waals surface area contributed by atoms with Crippen molar-refractivity contribution >= 4 is 39.4 Å². The maximum Gasteiger partial charge on any atom is 0.229 e. The van der Waals surface area contributed by atoms with E-state index in [0.29, 0.717) is 34.5 Å². The van der Waals surface area contributed by atoms with E-state index in [2.05, 4.69) is 24.8 Å². The first-order valence-electron chi connectivity index (χ1n) is 13.0. The van der Waals surface area contributed by atoms with Crippen LogP contribution in [-0.4, -0.2) is 30.4 Å². The minimum Gasteiger partial charge on any atom is -0.489 e. The average Bonchev–Trinajstić information content (AvgIpc) is 3.59. The molecule has 198 valence electrons. The van der Waals surface area contributed by atoms with Crippen LogP contribution >= 0.6 is 11.3 Å². The molecule has 2 aromatic carbocycles. The number of nitrogens with zero attached hydrogens (tertiary/aromatic N) is 5. The van der Waals surface area contributed by atoms with Gasteiger partial charge in [-0.3, -0.25) is 4.79 Å². The number of amides is 1. The Hall–Kier alpha value is -4.31. The van der Waals surface area contributed by atoms with Crippen LogP contribution in [0.3, 0.4) is 0 Å². The summed E-state index contributed by atoms with van der Waals surface area (Å²) in [4.78, 5) is 31.1. The second-order valence-electron chi connectivity index (χ2n) is 9.85. The molecule has 39 heavy (non-hydrogen) atoms. The molecule has 1 saturated carbocycles. The first-order chi connectivity index (χ1) is 19.0. The van der Waals surface area contributed by atoms with Crippen molar-refractivity contribution in [3.05, 3.63) is 77.6 Å².